The van der Waals surface area contributed by atoms with Crippen molar-refractivity contribution >= 4 is 16.9 Å². The van der Waals surface area contributed by atoms with Crippen molar-refractivity contribution in [3.63, 3.8) is 0 Å². The Bertz CT molecular complexity index is 995. The molecule has 2 heterocycles. The molecule has 4 rings (SSSR count). The third-order valence-electron chi connectivity index (χ3n) is 5.02. The van der Waals surface area contributed by atoms with Crippen LogP contribution in [0.1, 0.15) is 40.5 Å². The minimum atomic E-state index is -4.85. The van der Waals surface area contributed by atoms with E-state index in [2.05, 4.69) is 9.97 Å². The highest BCUT2D eigenvalue weighted by Crippen LogP contribution is 2.33. The van der Waals surface area contributed by atoms with Crippen molar-refractivity contribution in [3.05, 3.63) is 65.2 Å². The molecular formula is C20H17F4N3O. The van der Waals surface area contributed by atoms with Crippen molar-refractivity contribution in [3.8, 4) is 0 Å². The molecule has 3 aromatic rings. The third kappa shape index (κ3) is 3.46. The molecule has 146 valence electrons. The summed E-state index contributed by atoms with van der Waals surface area (Å²) in [6.07, 6.45) is -3.32. The highest BCUT2D eigenvalue weighted by atomic mass is 19.4. The van der Waals surface area contributed by atoms with E-state index in [1.54, 1.807) is 0 Å². The van der Waals surface area contributed by atoms with Crippen LogP contribution in [0.25, 0.3) is 11.0 Å². The number of nitrogens with one attached hydrogen (secondary N) is 1. The summed E-state index contributed by atoms with van der Waals surface area (Å²) in [6, 6.07) is 9.95. The maximum atomic E-state index is 13.5. The van der Waals surface area contributed by atoms with E-state index in [9.17, 15) is 22.4 Å². The van der Waals surface area contributed by atoms with E-state index in [4.69, 9.17) is 0 Å². The molecule has 1 fully saturated rings. The van der Waals surface area contributed by atoms with Gasteiger partial charge in [-0.15, -0.1) is 0 Å². The monoisotopic (exact) mass is 391 g/mol. The Morgan fingerprint density at radius 2 is 1.96 bits per heavy atom. The summed E-state index contributed by atoms with van der Waals surface area (Å²) in [6.45, 7) is 0.783. The van der Waals surface area contributed by atoms with Crippen LogP contribution in [0.4, 0.5) is 17.6 Å². The molecule has 1 aliphatic heterocycles. The van der Waals surface area contributed by atoms with Gasteiger partial charge in [-0.25, -0.2) is 9.37 Å². The fourth-order valence-corrected chi connectivity index (χ4v) is 3.61. The number of rotatable bonds is 2. The minimum absolute atomic E-state index is 0.0346. The van der Waals surface area contributed by atoms with Crippen LogP contribution in [-0.4, -0.2) is 33.9 Å². The molecule has 8 heteroatoms. The Kier molecular flexibility index (Phi) is 4.56. The van der Waals surface area contributed by atoms with E-state index in [0.717, 1.165) is 29.3 Å². The molecule has 0 unspecified atom stereocenters. The Morgan fingerprint density at radius 3 is 2.71 bits per heavy atom. The highest BCUT2D eigenvalue weighted by molar-refractivity contribution is 5.94. The lowest BCUT2D eigenvalue weighted by atomic mass is 9.96. The molecule has 2 aromatic carbocycles. The number of likely N-dealkylation sites (tertiary alicyclic amines) is 1. The lowest BCUT2D eigenvalue weighted by Gasteiger charge is -2.32. The standard InChI is InChI=1S/C20H17F4N3O/c21-15-8-7-12(10-14(15)20(22,23)24)19(28)27-9-3-4-13(11-27)18-25-16-5-1-2-6-17(16)26-18/h1-2,5-8,10,13H,3-4,9,11H2,(H,25,26)/t13-/m0/s1. The Balaban J connectivity index is 1.57. The van der Waals surface area contributed by atoms with Crippen molar-refractivity contribution in [2.75, 3.05) is 13.1 Å². The van der Waals surface area contributed by atoms with E-state index in [1.165, 1.54) is 4.90 Å². The zero-order chi connectivity index (χ0) is 19.9. The number of amides is 1. The van der Waals surface area contributed by atoms with Gasteiger partial charge in [0.25, 0.3) is 5.91 Å². The molecule has 0 saturated carbocycles. The maximum absolute atomic E-state index is 13.5. The number of halogens is 4. The number of alkyl halides is 3. The fourth-order valence-electron chi connectivity index (χ4n) is 3.61. The van der Waals surface area contributed by atoms with Crippen LogP contribution < -0.4 is 0 Å². The van der Waals surface area contributed by atoms with E-state index < -0.39 is 23.5 Å². The van der Waals surface area contributed by atoms with Gasteiger partial charge in [-0.3, -0.25) is 4.79 Å². The van der Waals surface area contributed by atoms with Gasteiger partial charge in [0.05, 0.1) is 16.6 Å². The second-order valence-corrected chi connectivity index (χ2v) is 6.92. The van der Waals surface area contributed by atoms with Crippen molar-refractivity contribution in [1.29, 1.82) is 0 Å². The molecular weight excluding hydrogens is 374 g/mol. The third-order valence-corrected chi connectivity index (χ3v) is 5.02. The smallest absolute Gasteiger partial charge is 0.342 e. The number of benzene rings is 2. The highest BCUT2D eigenvalue weighted by Gasteiger charge is 2.35. The Labute approximate surface area is 158 Å². The van der Waals surface area contributed by atoms with E-state index in [-0.39, 0.29) is 11.5 Å². The van der Waals surface area contributed by atoms with Gasteiger partial charge in [-0.1, -0.05) is 12.1 Å². The average molecular weight is 391 g/mol. The van der Waals surface area contributed by atoms with Gasteiger partial charge in [0.15, 0.2) is 0 Å². The van der Waals surface area contributed by atoms with Crippen LogP contribution in [0.5, 0.6) is 0 Å². The zero-order valence-electron chi connectivity index (χ0n) is 14.8. The van der Waals surface area contributed by atoms with Gasteiger partial charge < -0.3 is 9.88 Å². The number of hydrogen-bond donors (Lipinski definition) is 1. The molecule has 1 aromatic heterocycles. The number of aromatic amines is 1. The molecule has 1 amide bonds. The second-order valence-electron chi connectivity index (χ2n) is 6.92. The number of carbonyl (C=O) groups excluding carboxylic acids is 1. The number of aromatic nitrogens is 2. The summed E-state index contributed by atoms with van der Waals surface area (Å²) in [4.78, 5) is 22.1. The topological polar surface area (TPSA) is 49.0 Å². The lowest BCUT2D eigenvalue weighted by Crippen LogP contribution is -2.39. The molecule has 1 atom stereocenters. The maximum Gasteiger partial charge on any atom is 0.419 e. The summed E-state index contributed by atoms with van der Waals surface area (Å²) in [5, 5.41) is 0. The second kappa shape index (κ2) is 6.92. The number of H-pyrrole nitrogens is 1. The first-order valence-corrected chi connectivity index (χ1v) is 8.93. The van der Waals surface area contributed by atoms with Gasteiger partial charge in [0, 0.05) is 24.6 Å². The summed E-state index contributed by atoms with van der Waals surface area (Å²) < 4.78 is 52.3. The van der Waals surface area contributed by atoms with Crippen LogP contribution >= 0.6 is 0 Å². The molecule has 0 radical (unpaired) electrons. The van der Waals surface area contributed by atoms with Crippen molar-refractivity contribution in [2.45, 2.75) is 24.9 Å². The quantitative estimate of drug-likeness (QED) is 0.642. The molecule has 1 N–H and O–H groups in total. The number of imidazole rings is 1. The number of para-hydroxylation sites is 2. The number of hydrogen-bond acceptors (Lipinski definition) is 2. The predicted octanol–water partition coefficient (Wildman–Crippen LogP) is 4.74. The van der Waals surface area contributed by atoms with Crippen LogP contribution in [0.2, 0.25) is 0 Å². The van der Waals surface area contributed by atoms with Crippen LogP contribution in [0.3, 0.4) is 0 Å². The van der Waals surface area contributed by atoms with Crippen molar-refractivity contribution in [2.24, 2.45) is 0 Å². The first-order valence-electron chi connectivity index (χ1n) is 8.93. The number of piperidine rings is 1. The number of carbonyl (C=O) groups is 1. The summed E-state index contributed by atoms with van der Waals surface area (Å²) in [7, 11) is 0. The SMILES string of the molecule is O=C(c1ccc(F)c(C(F)(F)F)c1)N1CCC[C@H](c2nc3ccccc3[nH]2)C1. The Morgan fingerprint density at radius 1 is 1.18 bits per heavy atom. The average Bonchev–Trinajstić information content (AvgIpc) is 3.11. The molecule has 1 saturated heterocycles. The lowest BCUT2D eigenvalue weighted by molar-refractivity contribution is -0.140. The Hall–Kier alpha value is -2.90. The summed E-state index contributed by atoms with van der Waals surface area (Å²) >= 11 is 0. The van der Waals surface area contributed by atoms with Gasteiger partial charge in [0.2, 0.25) is 0 Å². The fraction of sp³-hybridized carbons (Fsp3) is 0.300. The molecule has 0 spiro atoms. The minimum Gasteiger partial charge on any atom is -0.342 e. The molecule has 28 heavy (non-hydrogen) atoms. The van der Waals surface area contributed by atoms with Crippen LogP contribution in [-0.2, 0) is 6.18 Å². The van der Waals surface area contributed by atoms with Crippen molar-refractivity contribution < 1.29 is 22.4 Å². The number of nitrogens with zero attached hydrogens (tertiary/aromatic N) is 2. The van der Waals surface area contributed by atoms with E-state index in [1.807, 2.05) is 24.3 Å². The zero-order valence-corrected chi connectivity index (χ0v) is 14.8. The number of fused-ring (bicyclic) bond motifs is 1. The van der Waals surface area contributed by atoms with Crippen molar-refractivity contribution in [1.82, 2.24) is 14.9 Å². The first-order chi connectivity index (χ1) is 13.3. The van der Waals surface area contributed by atoms with Crippen LogP contribution in [0.15, 0.2) is 42.5 Å². The molecule has 0 aliphatic carbocycles. The molecule has 0 bridgehead atoms. The van der Waals surface area contributed by atoms with Gasteiger partial charge in [0.1, 0.15) is 11.6 Å². The van der Waals surface area contributed by atoms with Crippen LogP contribution in [0, 0.1) is 5.82 Å². The largest absolute Gasteiger partial charge is 0.419 e. The summed E-state index contributed by atoms with van der Waals surface area (Å²) in [5.74, 6) is -1.20. The molecule has 4 nitrogen and oxygen atoms in total. The normalized spacial score (nSPS) is 17.9. The van der Waals surface area contributed by atoms with Gasteiger partial charge in [-0.2, -0.15) is 13.2 Å². The summed E-state index contributed by atoms with van der Waals surface area (Å²) in [5.41, 5.74) is 0.131. The molecule has 1 aliphatic rings. The predicted molar refractivity (Wildman–Crippen MR) is 95.4 cm³/mol. The van der Waals surface area contributed by atoms with E-state index >= 15 is 0 Å². The first kappa shape index (κ1) is 18.5. The van der Waals surface area contributed by atoms with Gasteiger partial charge >= 0.3 is 6.18 Å². The van der Waals surface area contributed by atoms with Gasteiger partial charge in [-0.05, 0) is 43.2 Å². The van der Waals surface area contributed by atoms with E-state index in [0.29, 0.717) is 31.6 Å².